The summed E-state index contributed by atoms with van der Waals surface area (Å²) in [4.78, 5) is 2.44. The molecular weight excluding hydrogens is 178 g/mol. The van der Waals surface area contributed by atoms with Crippen LogP contribution >= 0.6 is 0 Å². The Hall–Kier alpha value is -0.120. The molecule has 1 unspecified atom stereocenters. The number of ether oxygens (including phenoxy) is 1. The molecule has 2 fully saturated rings. The van der Waals surface area contributed by atoms with Crippen LogP contribution in [0.5, 0.6) is 0 Å². The van der Waals surface area contributed by atoms with E-state index in [9.17, 15) is 5.11 Å². The summed E-state index contributed by atoms with van der Waals surface area (Å²) in [5.41, 5.74) is 0.241. The fraction of sp³-hybridized carbons (Fsp3) is 1.00. The highest BCUT2D eigenvalue weighted by Crippen LogP contribution is 2.29. The maximum Gasteiger partial charge on any atom is 0.0936 e. The minimum atomic E-state index is -0.116. The van der Waals surface area contributed by atoms with Crippen LogP contribution in [0.1, 0.15) is 26.7 Å². The fourth-order valence-electron chi connectivity index (χ4n) is 2.44. The molecule has 2 heterocycles. The molecule has 0 aliphatic carbocycles. The van der Waals surface area contributed by atoms with Crippen LogP contribution < -0.4 is 0 Å². The Labute approximate surface area is 86.0 Å². The van der Waals surface area contributed by atoms with Gasteiger partial charge < -0.3 is 14.7 Å². The van der Waals surface area contributed by atoms with Gasteiger partial charge in [-0.3, -0.25) is 0 Å². The number of aliphatic hydroxyl groups excluding tert-OH is 1. The molecule has 0 spiro atoms. The molecule has 3 nitrogen and oxygen atoms in total. The first-order valence-electron chi connectivity index (χ1n) is 5.57. The quantitative estimate of drug-likeness (QED) is 0.670. The minimum absolute atomic E-state index is 0.116. The lowest BCUT2D eigenvalue weighted by Gasteiger charge is -2.29. The molecule has 1 N–H and O–H groups in total. The number of epoxide rings is 1. The van der Waals surface area contributed by atoms with Gasteiger partial charge in [-0.25, -0.2) is 0 Å². The summed E-state index contributed by atoms with van der Waals surface area (Å²) in [6.45, 7) is 8.56. The highest BCUT2D eigenvalue weighted by Gasteiger charge is 2.32. The van der Waals surface area contributed by atoms with Gasteiger partial charge in [0.25, 0.3) is 0 Å². The van der Waals surface area contributed by atoms with E-state index in [1.54, 1.807) is 0 Å². The van der Waals surface area contributed by atoms with E-state index in [1.165, 1.54) is 0 Å². The monoisotopic (exact) mass is 199 g/mol. The molecule has 0 amide bonds. The van der Waals surface area contributed by atoms with Crippen molar-refractivity contribution in [1.82, 2.24) is 4.90 Å². The van der Waals surface area contributed by atoms with E-state index in [0.717, 1.165) is 39.1 Å². The van der Waals surface area contributed by atoms with Gasteiger partial charge in [0.2, 0.25) is 0 Å². The molecule has 3 heteroatoms. The maximum atomic E-state index is 9.73. The largest absolute Gasteiger partial charge is 0.393 e. The fourth-order valence-corrected chi connectivity index (χ4v) is 2.44. The van der Waals surface area contributed by atoms with Gasteiger partial charge in [-0.1, -0.05) is 13.8 Å². The van der Waals surface area contributed by atoms with Crippen molar-refractivity contribution in [3.8, 4) is 0 Å². The lowest BCUT2D eigenvalue weighted by atomic mass is 9.87. The lowest BCUT2D eigenvalue weighted by molar-refractivity contribution is 0.121. The van der Waals surface area contributed by atoms with E-state index < -0.39 is 0 Å². The summed E-state index contributed by atoms with van der Waals surface area (Å²) in [7, 11) is 0. The van der Waals surface area contributed by atoms with Crippen molar-refractivity contribution in [1.29, 1.82) is 0 Å². The Bertz CT molecular complexity index is 201. The first-order chi connectivity index (χ1) is 6.55. The zero-order valence-corrected chi connectivity index (χ0v) is 9.20. The van der Waals surface area contributed by atoms with Crippen molar-refractivity contribution < 1.29 is 9.84 Å². The third kappa shape index (κ3) is 2.94. The van der Waals surface area contributed by atoms with Crippen LogP contribution in [0.4, 0.5) is 0 Å². The van der Waals surface area contributed by atoms with Crippen molar-refractivity contribution in [2.45, 2.75) is 38.9 Å². The number of hydrogen-bond donors (Lipinski definition) is 1. The number of hydrogen-bond acceptors (Lipinski definition) is 3. The number of likely N-dealkylation sites (tertiary alicyclic amines) is 1. The van der Waals surface area contributed by atoms with Gasteiger partial charge in [0.05, 0.1) is 18.8 Å². The molecule has 0 aromatic heterocycles. The summed E-state index contributed by atoms with van der Waals surface area (Å²) in [6, 6.07) is 0. The maximum absolute atomic E-state index is 9.73. The Kier molecular flexibility index (Phi) is 2.82. The lowest BCUT2D eigenvalue weighted by Crippen LogP contribution is -2.35. The zero-order chi connectivity index (χ0) is 10.2. The molecule has 0 aromatic carbocycles. The van der Waals surface area contributed by atoms with Gasteiger partial charge in [0.15, 0.2) is 0 Å². The smallest absolute Gasteiger partial charge is 0.0936 e. The summed E-state index contributed by atoms with van der Waals surface area (Å²) >= 11 is 0. The normalized spacial score (nSPS) is 37.9. The Morgan fingerprint density at radius 1 is 1.50 bits per heavy atom. The van der Waals surface area contributed by atoms with Crippen LogP contribution in [0.15, 0.2) is 0 Å². The Morgan fingerprint density at radius 3 is 2.86 bits per heavy atom. The molecular formula is C11H21NO2. The first-order valence-corrected chi connectivity index (χ1v) is 5.57. The van der Waals surface area contributed by atoms with E-state index in [4.69, 9.17) is 4.74 Å². The Balaban J connectivity index is 1.90. The molecule has 2 rings (SSSR count). The van der Waals surface area contributed by atoms with Crippen molar-refractivity contribution in [2.75, 3.05) is 26.2 Å². The minimum Gasteiger partial charge on any atom is -0.393 e. The van der Waals surface area contributed by atoms with Crippen LogP contribution in [0.3, 0.4) is 0 Å². The topological polar surface area (TPSA) is 36.0 Å². The second-order valence-electron chi connectivity index (χ2n) is 5.50. The molecule has 82 valence electrons. The number of aliphatic hydroxyl groups is 1. The molecule has 0 radical (unpaired) electrons. The van der Waals surface area contributed by atoms with Crippen LogP contribution in [-0.4, -0.2) is 48.5 Å². The van der Waals surface area contributed by atoms with E-state index in [0.29, 0.717) is 6.10 Å². The Morgan fingerprint density at radius 2 is 2.21 bits per heavy atom. The zero-order valence-electron chi connectivity index (χ0n) is 9.20. The second-order valence-corrected chi connectivity index (χ2v) is 5.50. The molecule has 0 saturated carbocycles. The van der Waals surface area contributed by atoms with Crippen LogP contribution in [0.2, 0.25) is 0 Å². The standard InChI is InChI=1S/C11H21NO2/c1-11(2)5-9(13)3-4-12(8-11)6-10-7-14-10/h9-10,13H,3-8H2,1-2H3/t9?,10-/m1/s1. The molecule has 14 heavy (non-hydrogen) atoms. The van der Waals surface area contributed by atoms with Gasteiger partial charge in [0.1, 0.15) is 0 Å². The summed E-state index contributed by atoms with van der Waals surface area (Å²) < 4.78 is 5.24. The molecule has 2 aliphatic rings. The van der Waals surface area contributed by atoms with Gasteiger partial charge >= 0.3 is 0 Å². The SMILES string of the molecule is CC1(C)CC(O)CCN(C[C@@H]2CO2)C1. The second kappa shape index (κ2) is 3.80. The van der Waals surface area contributed by atoms with Crippen molar-refractivity contribution >= 4 is 0 Å². The third-order valence-corrected chi connectivity index (χ3v) is 3.08. The van der Waals surface area contributed by atoms with E-state index in [-0.39, 0.29) is 11.5 Å². The van der Waals surface area contributed by atoms with Crippen molar-refractivity contribution in [3.05, 3.63) is 0 Å². The van der Waals surface area contributed by atoms with E-state index >= 15 is 0 Å². The third-order valence-electron chi connectivity index (χ3n) is 3.08. The predicted molar refractivity (Wildman–Crippen MR) is 55.2 cm³/mol. The highest BCUT2D eigenvalue weighted by atomic mass is 16.6. The van der Waals surface area contributed by atoms with Gasteiger partial charge in [0, 0.05) is 19.6 Å². The number of nitrogens with zero attached hydrogens (tertiary/aromatic N) is 1. The average Bonchev–Trinajstić information content (AvgIpc) is 2.81. The van der Waals surface area contributed by atoms with Crippen LogP contribution in [-0.2, 0) is 4.74 Å². The first kappa shape index (κ1) is 10.4. The summed E-state index contributed by atoms with van der Waals surface area (Å²) in [5, 5.41) is 9.73. The molecule has 0 bridgehead atoms. The van der Waals surface area contributed by atoms with Crippen LogP contribution in [0, 0.1) is 5.41 Å². The molecule has 2 saturated heterocycles. The molecule has 0 aromatic rings. The average molecular weight is 199 g/mol. The number of rotatable bonds is 2. The van der Waals surface area contributed by atoms with Crippen molar-refractivity contribution in [3.63, 3.8) is 0 Å². The van der Waals surface area contributed by atoms with Gasteiger partial charge in [-0.2, -0.15) is 0 Å². The van der Waals surface area contributed by atoms with Gasteiger partial charge in [-0.05, 0) is 18.3 Å². The summed E-state index contributed by atoms with van der Waals surface area (Å²) in [6.07, 6.45) is 2.20. The predicted octanol–water partition coefficient (Wildman–Crippen LogP) is 0.868. The van der Waals surface area contributed by atoms with Crippen molar-refractivity contribution in [2.24, 2.45) is 5.41 Å². The summed E-state index contributed by atoms with van der Waals surface area (Å²) in [5.74, 6) is 0. The van der Waals surface area contributed by atoms with Crippen LogP contribution in [0.25, 0.3) is 0 Å². The molecule has 2 atom stereocenters. The highest BCUT2D eigenvalue weighted by molar-refractivity contribution is 4.84. The van der Waals surface area contributed by atoms with Gasteiger partial charge in [-0.15, -0.1) is 0 Å². The van der Waals surface area contributed by atoms with E-state index in [1.807, 2.05) is 0 Å². The molecule has 2 aliphatic heterocycles. The van der Waals surface area contributed by atoms with E-state index in [2.05, 4.69) is 18.7 Å².